The molecule has 0 radical (unpaired) electrons. The lowest BCUT2D eigenvalue weighted by Gasteiger charge is -2.30. The summed E-state index contributed by atoms with van der Waals surface area (Å²) in [6.45, 7) is 5.81. The van der Waals surface area contributed by atoms with Crippen molar-refractivity contribution in [3.8, 4) is 0 Å². The fourth-order valence-electron chi connectivity index (χ4n) is 3.12. The van der Waals surface area contributed by atoms with E-state index in [1.165, 1.54) is 11.8 Å². The maximum absolute atomic E-state index is 13.4. The van der Waals surface area contributed by atoms with E-state index in [1.54, 1.807) is 6.92 Å². The molecule has 27 heavy (non-hydrogen) atoms. The smallest absolute Gasteiger partial charge is 0.319 e. The van der Waals surface area contributed by atoms with Crippen LogP contribution in [0.4, 0.5) is 25.0 Å². The number of urea groups is 1. The average Bonchev–Trinajstić information content (AvgIpc) is 2.64. The number of aryl methyl sites for hydroxylation is 1. The van der Waals surface area contributed by atoms with Gasteiger partial charge in [0.25, 0.3) is 0 Å². The summed E-state index contributed by atoms with van der Waals surface area (Å²) >= 11 is 1.96. The zero-order valence-corrected chi connectivity index (χ0v) is 16.2. The van der Waals surface area contributed by atoms with Gasteiger partial charge in [-0.15, -0.1) is 0 Å². The molecule has 0 saturated carbocycles. The molecule has 0 spiro atoms. The molecule has 1 heterocycles. The minimum atomic E-state index is -0.927. The fraction of sp³-hybridized carbons (Fsp3) is 0.350. The molecule has 3 rings (SSSR count). The molecule has 1 atom stereocenters. The van der Waals surface area contributed by atoms with E-state index in [4.69, 9.17) is 0 Å². The first-order valence-electron chi connectivity index (χ1n) is 8.90. The second-order valence-electron chi connectivity index (χ2n) is 6.59. The standard InChI is InChI=1S/C20H23F2N3OS/c1-13-11-16(4-6-19(13)25-7-9-27-10-8-25)24-20(26)23-14(2)15-3-5-17(21)18(22)12-15/h3-6,11-12,14H,7-10H2,1-2H3,(H2,23,24,26). The van der Waals surface area contributed by atoms with Crippen molar-refractivity contribution in [1.82, 2.24) is 5.32 Å². The molecule has 144 valence electrons. The van der Waals surface area contributed by atoms with Gasteiger partial charge in [-0.1, -0.05) is 6.07 Å². The number of benzene rings is 2. The lowest BCUT2D eigenvalue weighted by atomic mass is 10.1. The van der Waals surface area contributed by atoms with Crippen molar-refractivity contribution in [1.29, 1.82) is 0 Å². The number of carbonyl (C=O) groups excluding carboxylic acids is 1. The number of hydrogen-bond acceptors (Lipinski definition) is 3. The number of anilines is 2. The number of halogens is 2. The van der Waals surface area contributed by atoms with Crippen molar-refractivity contribution >= 4 is 29.2 Å². The van der Waals surface area contributed by atoms with Crippen LogP contribution in [0.3, 0.4) is 0 Å². The van der Waals surface area contributed by atoms with E-state index in [2.05, 4.69) is 15.5 Å². The minimum Gasteiger partial charge on any atom is -0.370 e. The van der Waals surface area contributed by atoms with Gasteiger partial charge in [0.1, 0.15) is 0 Å². The summed E-state index contributed by atoms with van der Waals surface area (Å²) in [5, 5.41) is 5.54. The third-order valence-electron chi connectivity index (χ3n) is 4.60. The van der Waals surface area contributed by atoms with Gasteiger partial charge in [0.2, 0.25) is 0 Å². The Hall–Kier alpha value is -2.28. The molecule has 1 saturated heterocycles. The first kappa shape index (κ1) is 19.5. The van der Waals surface area contributed by atoms with Gasteiger partial charge in [0.05, 0.1) is 6.04 Å². The number of nitrogens with zero attached hydrogens (tertiary/aromatic N) is 1. The molecular formula is C20H23F2N3OS. The predicted octanol–water partition coefficient (Wildman–Crippen LogP) is 4.71. The Morgan fingerprint density at radius 1 is 1.11 bits per heavy atom. The highest BCUT2D eigenvalue weighted by molar-refractivity contribution is 7.99. The lowest BCUT2D eigenvalue weighted by molar-refractivity contribution is 0.249. The minimum absolute atomic E-state index is 0.395. The number of carbonyl (C=O) groups is 1. The molecule has 2 amide bonds. The van der Waals surface area contributed by atoms with Crippen molar-refractivity contribution in [2.75, 3.05) is 34.8 Å². The number of rotatable bonds is 4. The van der Waals surface area contributed by atoms with Crippen molar-refractivity contribution < 1.29 is 13.6 Å². The Morgan fingerprint density at radius 2 is 1.85 bits per heavy atom. The third kappa shape index (κ3) is 4.91. The highest BCUT2D eigenvalue weighted by Crippen LogP contribution is 2.26. The van der Waals surface area contributed by atoms with Crippen LogP contribution in [-0.2, 0) is 0 Å². The highest BCUT2D eigenvalue weighted by Gasteiger charge is 2.15. The topological polar surface area (TPSA) is 44.4 Å². The van der Waals surface area contributed by atoms with Crippen LogP contribution in [0.25, 0.3) is 0 Å². The molecule has 4 nitrogen and oxygen atoms in total. The van der Waals surface area contributed by atoms with E-state index >= 15 is 0 Å². The summed E-state index contributed by atoms with van der Waals surface area (Å²) in [4.78, 5) is 14.6. The molecule has 1 unspecified atom stereocenters. The van der Waals surface area contributed by atoms with Gasteiger partial charge in [-0.3, -0.25) is 0 Å². The summed E-state index contributed by atoms with van der Waals surface area (Å²) < 4.78 is 26.4. The van der Waals surface area contributed by atoms with Gasteiger partial charge in [-0.05, 0) is 55.3 Å². The van der Waals surface area contributed by atoms with Gasteiger partial charge < -0.3 is 15.5 Å². The molecule has 0 bridgehead atoms. The maximum Gasteiger partial charge on any atom is 0.319 e. The van der Waals surface area contributed by atoms with E-state index < -0.39 is 23.7 Å². The van der Waals surface area contributed by atoms with Gasteiger partial charge in [-0.25, -0.2) is 13.6 Å². The lowest BCUT2D eigenvalue weighted by Crippen LogP contribution is -2.33. The maximum atomic E-state index is 13.4. The van der Waals surface area contributed by atoms with Crippen LogP contribution in [0.2, 0.25) is 0 Å². The molecule has 2 N–H and O–H groups in total. The van der Waals surface area contributed by atoms with E-state index in [0.29, 0.717) is 11.3 Å². The van der Waals surface area contributed by atoms with Crippen molar-refractivity contribution in [3.63, 3.8) is 0 Å². The number of nitrogens with one attached hydrogen (secondary N) is 2. The molecule has 0 aliphatic carbocycles. The zero-order chi connectivity index (χ0) is 19.4. The number of amides is 2. The van der Waals surface area contributed by atoms with Crippen LogP contribution in [0, 0.1) is 18.6 Å². The Bertz CT molecular complexity index is 825. The summed E-state index contributed by atoms with van der Waals surface area (Å²) in [7, 11) is 0. The van der Waals surface area contributed by atoms with Gasteiger partial charge in [-0.2, -0.15) is 11.8 Å². The molecule has 2 aromatic carbocycles. The predicted molar refractivity (Wildman–Crippen MR) is 108 cm³/mol. The summed E-state index contributed by atoms with van der Waals surface area (Å²) in [5.74, 6) is 0.426. The van der Waals surface area contributed by atoms with E-state index in [0.717, 1.165) is 42.3 Å². The Labute approximate surface area is 162 Å². The molecular weight excluding hydrogens is 368 g/mol. The van der Waals surface area contributed by atoms with Crippen LogP contribution in [0.15, 0.2) is 36.4 Å². The Kier molecular flexibility index (Phi) is 6.21. The molecule has 7 heteroatoms. The van der Waals surface area contributed by atoms with Crippen LogP contribution in [0.5, 0.6) is 0 Å². The fourth-order valence-corrected chi connectivity index (χ4v) is 4.02. The highest BCUT2D eigenvalue weighted by atomic mass is 32.2. The van der Waals surface area contributed by atoms with E-state index in [9.17, 15) is 13.6 Å². The second kappa shape index (κ2) is 8.61. The van der Waals surface area contributed by atoms with Gasteiger partial charge >= 0.3 is 6.03 Å². The molecule has 1 fully saturated rings. The van der Waals surface area contributed by atoms with Crippen LogP contribution in [-0.4, -0.2) is 30.6 Å². The third-order valence-corrected chi connectivity index (χ3v) is 5.54. The summed E-state index contributed by atoms with van der Waals surface area (Å²) in [6, 6.07) is 8.61. The first-order chi connectivity index (χ1) is 12.9. The molecule has 1 aliphatic rings. The summed E-state index contributed by atoms with van der Waals surface area (Å²) in [5.41, 5.74) is 3.49. The van der Waals surface area contributed by atoms with Crippen molar-refractivity contribution in [2.24, 2.45) is 0 Å². The molecule has 0 aromatic heterocycles. The van der Waals surface area contributed by atoms with E-state index in [1.807, 2.05) is 36.9 Å². The normalized spacial score (nSPS) is 15.3. The first-order valence-corrected chi connectivity index (χ1v) is 10.1. The van der Waals surface area contributed by atoms with Gasteiger partial charge in [0, 0.05) is 36.0 Å². The molecule has 2 aromatic rings. The van der Waals surface area contributed by atoms with Crippen LogP contribution in [0.1, 0.15) is 24.1 Å². The number of hydrogen-bond donors (Lipinski definition) is 2. The van der Waals surface area contributed by atoms with Crippen molar-refractivity contribution in [2.45, 2.75) is 19.9 Å². The second-order valence-corrected chi connectivity index (χ2v) is 7.82. The Balaban J connectivity index is 1.61. The average molecular weight is 391 g/mol. The van der Waals surface area contributed by atoms with Gasteiger partial charge in [0.15, 0.2) is 11.6 Å². The zero-order valence-electron chi connectivity index (χ0n) is 15.4. The number of thioether (sulfide) groups is 1. The Morgan fingerprint density at radius 3 is 2.52 bits per heavy atom. The molecule has 1 aliphatic heterocycles. The monoisotopic (exact) mass is 391 g/mol. The largest absolute Gasteiger partial charge is 0.370 e. The quantitative estimate of drug-likeness (QED) is 0.793. The van der Waals surface area contributed by atoms with E-state index in [-0.39, 0.29) is 0 Å². The van der Waals surface area contributed by atoms with Crippen LogP contribution < -0.4 is 15.5 Å². The summed E-state index contributed by atoms with van der Waals surface area (Å²) in [6.07, 6.45) is 0. The van der Waals surface area contributed by atoms with Crippen molar-refractivity contribution in [3.05, 3.63) is 59.2 Å². The SMILES string of the molecule is Cc1cc(NC(=O)NC(C)c2ccc(F)c(F)c2)ccc1N1CCSCC1. The van der Waals surface area contributed by atoms with Crippen LogP contribution >= 0.6 is 11.8 Å².